The van der Waals surface area contributed by atoms with Crippen LogP contribution in [-0.4, -0.2) is 31.6 Å². The molecule has 0 saturated heterocycles. The van der Waals surface area contributed by atoms with Gasteiger partial charge in [-0.2, -0.15) is 0 Å². The molecule has 18 heavy (non-hydrogen) atoms. The van der Waals surface area contributed by atoms with E-state index in [2.05, 4.69) is 10.2 Å². The van der Waals surface area contributed by atoms with Gasteiger partial charge in [0.05, 0.1) is 5.75 Å². The molecule has 1 N–H and O–H groups in total. The Labute approximate surface area is 110 Å². The second kappa shape index (κ2) is 4.57. The monoisotopic (exact) mass is 267 g/mol. The Morgan fingerprint density at radius 2 is 2.28 bits per heavy atom. The van der Waals surface area contributed by atoms with Crippen LogP contribution < -0.4 is 0 Å². The van der Waals surface area contributed by atoms with E-state index < -0.39 is 5.97 Å². The summed E-state index contributed by atoms with van der Waals surface area (Å²) < 4.78 is 1.99. The summed E-state index contributed by atoms with van der Waals surface area (Å²) in [5, 5.41) is 17.8. The van der Waals surface area contributed by atoms with Gasteiger partial charge >= 0.3 is 5.97 Å². The van der Waals surface area contributed by atoms with Crippen molar-refractivity contribution >= 4 is 17.7 Å². The molecule has 5 nitrogen and oxygen atoms in total. The van der Waals surface area contributed by atoms with Crippen LogP contribution in [-0.2, 0) is 11.8 Å². The van der Waals surface area contributed by atoms with E-state index in [1.54, 1.807) is 0 Å². The number of carboxylic acids is 1. The Morgan fingerprint density at radius 1 is 1.44 bits per heavy atom. The normalized spacial score (nSPS) is 29.9. The van der Waals surface area contributed by atoms with Crippen LogP contribution in [0.4, 0.5) is 0 Å². The van der Waals surface area contributed by atoms with Gasteiger partial charge in [-0.05, 0) is 31.1 Å². The maximum atomic E-state index is 10.6. The van der Waals surface area contributed by atoms with Crippen LogP contribution in [0.25, 0.3) is 0 Å². The van der Waals surface area contributed by atoms with Gasteiger partial charge in [0.15, 0.2) is 5.16 Å². The topological polar surface area (TPSA) is 68.0 Å². The minimum Gasteiger partial charge on any atom is -0.481 e. The first-order chi connectivity index (χ1) is 8.65. The number of carboxylic acid groups (broad SMARTS) is 1. The molecule has 2 bridgehead atoms. The molecular formula is C12H17N3O2S. The Morgan fingerprint density at radius 3 is 2.89 bits per heavy atom. The van der Waals surface area contributed by atoms with Gasteiger partial charge in [0.2, 0.25) is 0 Å². The van der Waals surface area contributed by atoms with Crippen molar-refractivity contribution in [3.05, 3.63) is 5.82 Å². The Hall–Kier alpha value is -1.04. The number of thioether (sulfide) groups is 1. The first kappa shape index (κ1) is 12.0. The highest BCUT2D eigenvalue weighted by Crippen LogP contribution is 2.52. The predicted octanol–water partition coefficient (Wildman–Crippen LogP) is 1.90. The fourth-order valence-electron chi connectivity index (χ4n) is 3.46. The third-order valence-corrected chi connectivity index (χ3v) is 5.27. The van der Waals surface area contributed by atoms with Crippen LogP contribution in [0.2, 0.25) is 0 Å². The van der Waals surface area contributed by atoms with E-state index in [9.17, 15) is 4.79 Å². The fourth-order valence-corrected chi connectivity index (χ4v) is 4.10. The molecule has 0 spiro atoms. The molecule has 0 radical (unpaired) electrons. The van der Waals surface area contributed by atoms with Gasteiger partial charge in [0.1, 0.15) is 5.82 Å². The molecule has 0 amide bonds. The van der Waals surface area contributed by atoms with Gasteiger partial charge in [-0.3, -0.25) is 4.79 Å². The van der Waals surface area contributed by atoms with Crippen molar-refractivity contribution in [3.63, 3.8) is 0 Å². The van der Waals surface area contributed by atoms with Gasteiger partial charge in [-0.25, -0.2) is 0 Å². The predicted molar refractivity (Wildman–Crippen MR) is 67.6 cm³/mol. The van der Waals surface area contributed by atoms with Gasteiger partial charge in [-0.15, -0.1) is 10.2 Å². The molecule has 98 valence electrons. The number of carbonyl (C=O) groups is 1. The molecule has 1 aromatic heterocycles. The lowest BCUT2D eigenvalue weighted by Crippen LogP contribution is -2.13. The van der Waals surface area contributed by atoms with Crippen LogP contribution in [0, 0.1) is 11.8 Å². The van der Waals surface area contributed by atoms with Crippen molar-refractivity contribution < 1.29 is 9.90 Å². The summed E-state index contributed by atoms with van der Waals surface area (Å²) in [4.78, 5) is 10.6. The second-order valence-corrected chi connectivity index (χ2v) is 6.31. The molecule has 1 aromatic rings. The van der Waals surface area contributed by atoms with Crippen molar-refractivity contribution in [2.24, 2.45) is 18.9 Å². The Balaban J connectivity index is 1.75. The summed E-state index contributed by atoms with van der Waals surface area (Å²) in [6.45, 7) is 0. The van der Waals surface area contributed by atoms with E-state index in [-0.39, 0.29) is 5.75 Å². The van der Waals surface area contributed by atoms with Gasteiger partial charge in [-0.1, -0.05) is 18.2 Å². The van der Waals surface area contributed by atoms with E-state index in [0.717, 1.165) is 22.8 Å². The molecule has 1 heterocycles. The van der Waals surface area contributed by atoms with Gasteiger partial charge in [0, 0.05) is 13.0 Å². The first-order valence-corrected chi connectivity index (χ1v) is 7.37. The van der Waals surface area contributed by atoms with Crippen molar-refractivity contribution in [1.82, 2.24) is 14.8 Å². The Kier molecular flexibility index (Phi) is 3.05. The standard InChI is InChI=1S/C12H17N3O2S/c1-15-11(9-5-7-2-3-8(9)4-7)13-14-12(15)18-6-10(16)17/h7-9H,2-6H2,1H3,(H,16,17). The number of hydrogen-bond acceptors (Lipinski definition) is 4. The third kappa shape index (κ3) is 2.02. The quantitative estimate of drug-likeness (QED) is 0.844. The zero-order valence-corrected chi connectivity index (χ0v) is 11.2. The van der Waals surface area contributed by atoms with E-state index >= 15 is 0 Å². The molecule has 2 aliphatic carbocycles. The van der Waals surface area contributed by atoms with Gasteiger partial charge < -0.3 is 9.67 Å². The molecule has 0 aromatic carbocycles. The second-order valence-electron chi connectivity index (χ2n) is 5.36. The van der Waals surface area contributed by atoms with E-state index in [1.807, 2.05) is 11.6 Å². The van der Waals surface area contributed by atoms with E-state index in [4.69, 9.17) is 5.11 Å². The highest BCUT2D eigenvalue weighted by Gasteiger charge is 2.42. The third-order valence-electron chi connectivity index (χ3n) is 4.26. The molecule has 6 heteroatoms. The lowest BCUT2D eigenvalue weighted by atomic mass is 9.88. The Bertz CT molecular complexity index is 474. The zero-order valence-electron chi connectivity index (χ0n) is 10.4. The maximum absolute atomic E-state index is 10.6. The van der Waals surface area contributed by atoms with Crippen molar-refractivity contribution in [1.29, 1.82) is 0 Å². The van der Waals surface area contributed by atoms with Gasteiger partial charge in [0.25, 0.3) is 0 Å². The summed E-state index contributed by atoms with van der Waals surface area (Å²) >= 11 is 1.24. The van der Waals surface area contributed by atoms with Crippen LogP contribution in [0.5, 0.6) is 0 Å². The summed E-state index contributed by atoms with van der Waals surface area (Å²) in [6.07, 6.45) is 5.27. The molecule has 2 fully saturated rings. The number of nitrogens with zero attached hydrogens (tertiary/aromatic N) is 3. The fraction of sp³-hybridized carbons (Fsp3) is 0.750. The van der Waals surface area contributed by atoms with E-state index in [0.29, 0.717) is 5.92 Å². The van der Waals surface area contributed by atoms with E-state index in [1.165, 1.54) is 37.4 Å². The summed E-state index contributed by atoms with van der Waals surface area (Å²) in [7, 11) is 1.95. The average Bonchev–Trinajstić information content (AvgIpc) is 3.01. The zero-order chi connectivity index (χ0) is 12.7. The largest absolute Gasteiger partial charge is 0.481 e. The van der Waals surface area contributed by atoms with Crippen LogP contribution in [0.3, 0.4) is 0 Å². The lowest BCUT2D eigenvalue weighted by Gasteiger charge is -2.20. The summed E-state index contributed by atoms with van der Waals surface area (Å²) in [5.74, 6) is 2.48. The van der Waals surface area contributed by atoms with Crippen LogP contribution in [0.1, 0.15) is 37.4 Å². The van der Waals surface area contributed by atoms with Crippen molar-refractivity contribution in [2.45, 2.75) is 36.8 Å². The number of aromatic nitrogens is 3. The number of hydrogen-bond donors (Lipinski definition) is 1. The minimum atomic E-state index is -0.815. The molecule has 3 unspecified atom stereocenters. The van der Waals surface area contributed by atoms with Crippen LogP contribution >= 0.6 is 11.8 Å². The van der Waals surface area contributed by atoms with Crippen molar-refractivity contribution in [3.8, 4) is 0 Å². The number of aliphatic carboxylic acids is 1. The molecule has 3 rings (SSSR count). The minimum absolute atomic E-state index is 0.0443. The van der Waals surface area contributed by atoms with Crippen LogP contribution in [0.15, 0.2) is 5.16 Å². The first-order valence-electron chi connectivity index (χ1n) is 6.39. The molecule has 2 aliphatic rings. The van der Waals surface area contributed by atoms with Crippen molar-refractivity contribution in [2.75, 3.05) is 5.75 Å². The smallest absolute Gasteiger partial charge is 0.313 e. The molecular weight excluding hydrogens is 250 g/mol. The SMILES string of the molecule is Cn1c(SCC(=O)O)nnc1C1CC2CCC1C2. The average molecular weight is 267 g/mol. The maximum Gasteiger partial charge on any atom is 0.313 e. The lowest BCUT2D eigenvalue weighted by molar-refractivity contribution is -0.133. The molecule has 3 atom stereocenters. The highest BCUT2D eigenvalue weighted by atomic mass is 32.2. The summed E-state index contributed by atoms with van der Waals surface area (Å²) in [6, 6.07) is 0. The number of rotatable bonds is 4. The molecule has 2 saturated carbocycles. The summed E-state index contributed by atoms with van der Waals surface area (Å²) in [5.41, 5.74) is 0. The highest BCUT2D eigenvalue weighted by molar-refractivity contribution is 7.99. The number of fused-ring (bicyclic) bond motifs is 2. The molecule has 0 aliphatic heterocycles.